The van der Waals surface area contributed by atoms with Crippen LogP contribution < -0.4 is 4.72 Å². The van der Waals surface area contributed by atoms with Crippen LogP contribution in [0.4, 0.5) is 5.69 Å². The van der Waals surface area contributed by atoms with Gasteiger partial charge in [-0.05, 0) is 37.5 Å². The number of sulfonamides is 1. The average molecular weight is 354 g/mol. The van der Waals surface area contributed by atoms with Crippen LogP contribution in [-0.4, -0.2) is 49.1 Å². The number of carbonyl (C=O) groups is 2. The predicted octanol–water partition coefficient (Wildman–Crippen LogP) is 1.78. The summed E-state index contributed by atoms with van der Waals surface area (Å²) in [6.45, 7) is 2.56. The van der Waals surface area contributed by atoms with Crippen LogP contribution in [0.15, 0.2) is 24.3 Å². The van der Waals surface area contributed by atoms with E-state index in [1.807, 2.05) is 0 Å². The highest BCUT2D eigenvalue weighted by molar-refractivity contribution is 7.92. The van der Waals surface area contributed by atoms with Gasteiger partial charge in [0.1, 0.15) is 0 Å². The Kier molecular flexibility index (Phi) is 5.82. The zero-order valence-electron chi connectivity index (χ0n) is 13.6. The number of piperidine rings is 1. The molecule has 1 amide bonds. The van der Waals surface area contributed by atoms with Gasteiger partial charge in [0.15, 0.2) is 0 Å². The maximum Gasteiger partial charge on any atom is 0.306 e. The number of aliphatic carboxylic acids is 1. The smallest absolute Gasteiger partial charge is 0.306 e. The molecule has 1 aromatic rings. The highest BCUT2D eigenvalue weighted by Crippen LogP contribution is 2.20. The number of carbonyl (C=O) groups excluding carboxylic acids is 1. The molecular weight excluding hydrogens is 332 g/mol. The Balaban J connectivity index is 2.06. The summed E-state index contributed by atoms with van der Waals surface area (Å²) in [5, 5.41) is 9.00. The van der Waals surface area contributed by atoms with Crippen molar-refractivity contribution in [3.05, 3.63) is 29.8 Å². The van der Waals surface area contributed by atoms with Crippen LogP contribution >= 0.6 is 0 Å². The third kappa shape index (κ3) is 4.70. The van der Waals surface area contributed by atoms with E-state index < -0.39 is 21.9 Å². The SMILES string of the molecule is CCCS(=O)(=O)Nc1cccc(C(=O)N2CCC(C(=O)O)CC2)c1. The van der Waals surface area contributed by atoms with Crippen molar-refractivity contribution in [2.75, 3.05) is 23.6 Å². The standard InChI is InChI=1S/C16H22N2O5S/c1-2-10-24(22,23)17-14-5-3-4-13(11-14)15(19)18-8-6-12(7-9-18)16(20)21/h3-5,11-12,17H,2,6-10H2,1H3,(H,20,21). The van der Waals surface area contributed by atoms with E-state index in [0.717, 1.165) is 0 Å². The van der Waals surface area contributed by atoms with Crippen molar-refractivity contribution in [1.29, 1.82) is 0 Å². The summed E-state index contributed by atoms with van der Waals surface area (Å²) in [4.78, 5) is 25.1. The normalized spacial score (nSPS) is 16.0. The van der Waals surface area contributed by atoms with Gasteiger partial charge in [-0.1, -0.05) is 13.0 Å². The molecule has 8 heteroatoms. The molecule has 0 saturated carbocycles. The Hall–Kier alpha value is -2.09. The van der Waals surface area contributed by atoms with Gasteiger partial charge >= 0.3 is 5.97 Å². The molecule has 0 aromatic heterocycles. The van der Waals surface area contributed by atoms with Crippen molar-refractivity contribution in [1.82, 2.24) is 4.90 Å². The number of nitrogens with one attached hydrogen (secondary N) is 1. The van der Waals surface area contributed by atoms with Crippen molar-refractivity contribution in [2.24, 2.45) is 5.92 Å². The van der Waals surface area contributed by atoms with Gasteiger partial charge < -0.3 is 10.0 Å². The lowest BCUT2D eigenvalue weighted by Gasteiger charge is -2.30. The fraction of sp³-hybridized carbons (Fsp3) is 0.500. The number of rotatable bonds is 6. The van der Waals surface area contributed by atoms with Crippen molar-refractivity contribution in [2.45, 2.75) is 26.2 Å². The molecule has 1 aromatic carbocycles. The second kappa shape index (κ2) is 7.65. The number of likely N-dealkylation sites (tertiary alicyclic amines) is 1. The molecule has 0 unspecified atom stereocenters. The second-order valence-electron chi connectivity index (χ2n) is 5.91. The molecule has 1 saturated heterocycles. The number of amides is 1. The van der Waals surface area contributed by atoms with Crippen molar-refractivity contribution in [3.63, 3.8) is 0 Å². The van der Waals surface area contributed by atoms with Crippen LogP contribution in [-0.2, 0) is 14.8 Å². The van der Waals surface area contributed by atoms with Crippen LogP contribution in [0.25, 0.3) is 0 Å². The van der Waals surface area contributed by atoms with E-state index in [0.29, 0.717) is 43.6 Å². The Labute approximate surface area is 141 Å². The first kappa shape index (κ1) is 18.3. The average Bonchev–Trinajstić information content (AvgIpc) is 2.54. The third-order valence-electron chi connectivity index (χ3n) is 3.99. The number of benzene rings is 1. The fourth-order valence-electron chi connectivity index (χ4n) is 2.73. The maximum absolute atomic E-state index is 12.5. The van der Waals surface area contributed by atoms with Crippen LogP contribution in [0.5, 0.6) is 0 Å². The molecule has 0 spiro atoms. The summed E-state index contributed by atoms with van der Waals surface area (Å²) in [7, 11) is -3.41. The molecule has 24 heavy (non-hydrogen) atoms. The van der Waals surface area contributed by atoms with Gasteiger partial charge in [0.2, 0.25) is 10.0 Å². The summed E-state index contributed by atoms with van der Waals surface area (Å²) in [5.41, 5.74) is 0.746. The largest absolute Gasteiger partial charge is 0.481 e. The highest BCUT2D eigenvalue weighted by atomic mass is 32.2. The molecule has 7 nitrogen and oxygen atoms in total. The molecule has 1 heterocycles. The number of hydrogen-bond acceptors (Lipinski definition) is 4. The number of anilines is 1. The molecule has 1 aliphatic heterocycles. The van der Waals surface area contributed by atoms with Crippen molar-refractivity contribution in [3.8, 4) is 0 Å². The topological polar surface area (TPSA) is 104 Å². The van der Waals surface area contributed by atoms with E-state index in [1.165, 1.54) is 6.07 Å². The molecular formula is C16H22N2O5S. The van der Waals surface area contributed by atoms with Gasteiger partial charge in [0, 0.05) is 24.3 Å². The Morgan fingerprint density at radius 2 is 1.96 bits per heavy atom. The van der Waals surface area contributed by atoms with Gasteiger partial charge in [-0.15, -0.1) is 0 Å². The van der Waals surface area contributed by atoms with Crippen LogP contribution in [0.2, 0.25) is 0 Å². The monoisotopic (exact) mass is 354 g/mol. The van der Waals surface area contributed by atoms with E-state index in [9.17, 15) is 18.0 Å². The van der Waals surface area contributed by atoms with Gasteiger partial charge in [-0.3, -0.25) is 14.3 Å². The molecule has 0 atom stereocenters. The highest BCUT2D eigenvalue weighted by Gasteiger charge is 2.27. The Morgan fingerprint density at radius 1 is 1.29 bits per heavy atom. The summed E-state index contributed by atoms with van der Waals surface area (Å²) >= 11 is 0. The van der Waals surface area contributed by atoms with Crippen LogP contribution in [0.3, 0.4) is 0 Å². The predicted molar refractivity (Wildman–Crippen MR) is 90.4 cm³/mol. The molecule has 0 radical (unpaired) electrons. The number of carboxylic acids is 1. The minimum Gasteiger partial charge on any atom is -0.481 e. The fourth-order valence-corrected chi connectivity index (χ4v) is 3.85. The Morgan fingerprint density at radius 3 is 2.54 bits per heavy atom. The van der Waals surface area contributed by atoms with Crippen LogP contribution in [0, 0.1) is 5.92 Å². The molecule has 0 bridgehead atoms. The third-order valence-corrected chi connectivity index (χ3v) is 5.48. The number of carboxylic acid groups (broad SMARTS) is 1. The molecule has 2 N–H and O–H groups in total. The van der Waals surface area contributed by atoms with Gasteiger partial charge in [-0.25, -0.2) is 8.42 Å². The molecule has 1 aliphatic rings. The number of hydrogen-bond donors (Lipinski definition) is 2. The van der Waals surface area contributed by atoms with E-state index >= 15 is 0 Å². The van der Waals surface area contributed by atoms with E-state index in [1.54, 1.807) is 30.0 Å². The minimum atomic E-state index is -3.41. The second-order valence-corrected chi connectivity index (χ2v) is 7.75. The lowest BCUT2D eigenvalue weighted by Crippen LogP contribution is -2.40. The maximum atomic E-state index is 12.5. The zero-order chi connectivity index (χ0) is 17.7. The zero-order valence-corrected chi connectivity index (χ0v) is 14.4. The van der Waals surface area contributed by atoms with Gasteiger partial charge in [0.05, 0.1) is 11.7 Å². The summed E-state index contributed by atoms with van der Waals surface area (Å²) in [5.74, 6) is -1.42. The van der Waals surface area contributed by atoms with Gasteiger partial charge in [0.25, 0.3) is 5.91 Å². The first-order valence-corrected chi connectivity index (χ1v) is 9.60. The quantitative estimate of drug-likeness (QED) is 0.810. The van der Waals surface area contributed by atoms with Gasteiger partial charge in [-0.2, -0.15) is 0 Å². The summed E-state index contributed by atoms with van der Waals surface area (Å²) in [6, 6.07) is 6.36. The van der Waals surface area contributed by atoms with Crippen molar-refractivity contribution < 1.29 is 23.1 Å². The Bertz CT molecular complexity index is 709. The molecule has 132 valence electrons. The van der Waals surface area contributed by atoms with E-state index in [-0.39, 0.29) is 11.7 Å². The summed E-state index contributed by atoms with van der Waals surface area (Å²) < 4.78 is 26.1. The van der Waals surface area contributed by atoms with E-state index in [2.05, 4.69) is 4.72 Å². The summed E-state index contributed by atoms with van der Waals surface area (Å²) in [6.07, 6.45) is 1.38. The molecule has 0 aliphatic carbocycles. The van der Waals surface area contributed by atoms with Crippen LogP contribution in [0.1, 0.15) is 36.5 Å². The lowest BCUT2D eigenvalue weighted by molar-refractivity contribution is -0.143. The first-order chi connectivity index (χ1) is 11.3. The van der Waals surface area contributed by atoms with E-state index in [4.69, 9.17) is 5.11 Å². The minimum absolute atomic E-state index is 0.0217. The lowest BCUT2D eigenvalue weighted by atomic mass is 9.96. The first-order valence-electron chi connectivity index (χ1n) is 7.95. The number of nitrogens with zero attached hydrogens (tertiary/aromatic N) is 1. The molecule has 1 fully saturated rings. The van der Waals surface area contributed by atoms with Crippen molar-refractivity contribution >= 4 is 27.6 Å². The molecule has 2 rings (SSSR count).